The fraction of sp³-hybridized carbons (Fsp3) is 0.500. The maximum atomic E-state index is 12.1. The summed E-state index contributed by atoms with van der Waals surface area (Å²) in [6.07, 6.45) is 7.73. The minimum atomic E-state index is -0.0717. The van der Waals surface area contributed by atoms with Crippen LogP contribution in [0.4, 0.5) is 5.69 Å². The minimum absolute atomic E-state index is 0.0406. The average Bonchev–Trinajstić information content (AvgIpc) is 2.61. The lowest BCUT2D eigenvalue weighted by atomic mass is 10.1. The molecular weight excluding hydrogens is 282 g/mol. The number of hydrogen-bond donors (Lipinski definition) is 2. The molecule has 1 atom stereocenters. The van der Waals surface area contributed by atoms with Gasteiger partial charge in [-0.25, -0.2) is 0 Å². The maximum absolute atomic E-state index is 12.1. The lowest BCUT2D eigenvalue weighted by molar-refractivity contribution is -0.118. The van der Waals surface area contributed by atoms with Crippen LogP contribution in [0.2, 0.25) is 0 Å². The summed E-state index contributed by atoms with van der Waals surface area (Å²) in [5.74, 6) is 0.0406. The van der Waals surface area contributed by atoms with Crippen LogP contribution in [0.15, 0.2) is 22.9 Å². The monoisotopic (exact) mass is 297 g/mol. The zero-order valence-electron chi connectivity index (χ0n) is 9.58. The van der Waals surface area contributed by atoms with Gasteiger partial charge in [0, 0.05) is 12.4 Å². The minimum Gasteiger partial charge on any atom is -0.324 e. The van der Waals surface area contributed by atoms with E-state index in [9.17, 15) is 4.79 Å². The number of nitrogens with one attached hydrogen (secondary N) is 2. The van der Waals surface area contributed by atoms with Crippen molar-refractivity contribution >= 4 is 27.5 Å². The van der Waals surface area contributed by atoms with Crippen LogP contribution in [0.3, 0.4) is 0 Å². The van der Waals surface area contributed by atoms with E-state index in [-0.39, 0.29) is 11.9 Å². The molecule has 0 spiro atoms. The average molecular weight is 298 g/mol. The first-order valence-electron chi connectivity index (χ1n) is 5.91. The lowest BCUT2D eigenvalue weighted by Crippen LogP contribution is -2.39. The Balaban J connectivity index is 1.98. The van der Waals surface area contributed by atoms with Gasteiger partial charge < -0.3 is 10.6 Å². The van der Waals surface area contributed by atoms with Crippen molar-refractivity contribution < 1.29 is 4.79 Å². The third-order valence-corrected chi connectivity index (χ3v) is 3.54. The van der Waals surface area contributed by atoms with Crippen LogP contribution in [0.25, 0.3) is 0 Å². The van der Waals surface area contributed by atoms with Gasteiger partial charge in [-0.3, -0.25) is 9.78 Å². The maximum Gasteiger partial charge on any atom is 0.241 e. The summed E-state index contributed by atoms with van der Waals surface area (Å²) in [6, 6.07) is 1.72. The Kier molecular flexibility index (Phi) is 4.50. The third kappa shape index (κ3) is 3.51. The van der Waals surface area contributed by atoms with Crippen molar-refractivity contribution in [1.82, 2.24) is 10.3 Å². The molecule has 1 aliphatic heterocycles. The normalized spacial score (nSPS) is 20.6. The fourth-order valence-corrected chi connectivity index (χ4v) is 2.30. The van der Waals surface area contributed by atoms with Gasteiger partial charge in [-0.05, 0) is 41.4 Å². The Bertz CT molecular complexity index is 389. The predicted molar refractivity (Wildman–Crippen MR) is 70.8 cm³/mol. The molecule has 2 N–H and O–H groups in total. The molecule has 0 saturated carbocycles. The molecule has 1 aliphatic rings. The molecule has 2 heterocycles. The highest BCUT2D eigenvalue weighted by Gasteiger charge is 2.19. The molecule has 5 heteroatoms. The quantitative estimate of drug-likeness (QED) is 0.881. The smallest absolute Gasteiger partial charge is 0.241 e. The number of amides is 1. The van der Waals surface area contributed by atoms with E-state index < -0.39 is 0 Å². The van der Waals surface area contributed by atoms with Gasteiger partial charge in [-0.1, -0.05) is 12.8 Å². The van der Waals surface area contributed by atoms with Crippen LogP contribution in [-0.2, 0) is 4.79 Å². The van der Waals surface area contributed by atoms with Crippen molar-refractivity contribution in [2.45, 2.75) is 31.7 Å². The number of nitrogens with zero attached hydrogens (tertiary/aromatic N) is 1. The van der Waals surface area contributed by atoms with Crippen molar-refractivity contribution in [3.63, 3.8) is 0 Å². The summed E-state index contributed by atoms with van der Waals surface area (Å²) in [5, 5.41) is 6.20. The summed E-state index contributed by atoms with van der Waals surface area (Å²) >= 11 is 3.37. The van der Waals surface area contributed by atoms with Gasteiger partial charge in [0.25, 0.3) is 0 Å². The molecule has 1 amide bonds. The predicted octanol–water partition coefficient (Wildman–Crippen LogP) is 2.31. The first kappa shape index (κ1) is 12.5. The molecule has 0 aliphatic carbocycles. The van der Waals surface area contributed by atoms with Gasteiger partial charge in [0.1, 0.15) is 0 Å². The van der Waals surface area contributed by atoms with E-state index in [0.29, 0.717) is 0 Å². The van der Waals surface area contributed by atoms with Crippen LogP contribution < -0.4 is 10.6 Å². The molecule has 1 fully saturated rings. The lowest BCUT2D eigenvalue weighted by Gasteiger charge is -2.16. The molecule has 92 valence electrons. The number of carbonyl (C=O) groups is 1. The second-order valence-corrected chi connectivity index (χ2v) is 5.06. The first-order valence-corrected chi connectivity index (χ1v) is 6.70. The summed E-state index contributed by atoms with van der Waals surface area (Å²) in [4.78, 5) is 16.0. The summed E-state index contributed by atoms with van der Waals surface area (Å²) < 4.78 is 0.807. The van der Waals surface area contributed by atoms with Crippen molar-refractivity contribution in [2.24, 2.45) is 0 Å². The van der Waals surface area contributed by atoms with Crippen LogP contribution in [-0.4, -0.2) is 23.5 Å². The highest BCUT2D eigenvalue weighted by atomic mass is 79.9. The molecular formula is C12H16BrN3O. The number of anilines is 1. The Morgan fingerprint density at radius 2 is 2.35 bits per heavy atom. The summed E-state index contributed by atoms with van der Waals surface area (Å²) in [7, 11) is 0. The molecule has 1 aromatic rings. The van der Waals surface area contributed by atoms with E-state index in [0.717, 1.165) is 36.0 Å². The molecule has 1 unspecified atom stereocenters. The largest absolute Gasteiger partial charge is 0.324 e. The van der Waals surface area contributed by atoms with Gasteiger partial charge in [-0.2, -0.15) is 0 Å². The Labute approximate surface area is 109 Å². The van der Waals surface area contributed by atoms with E-state index in [1.165, 1.54) is 6.42 Å². The number of rotatable bonds is 2. The van der Waals surface area contributed by atoms with Crippen LogP contribution in [0.1, 0.15) is 25.7 Å². The number of aromatic nitrogens is 1. The topological polar surface area (TPSA) is 54.0 Å². The molecule has 4 nitrogen and oxygen atoms in total. The molecule has 0 bridgehead atoms. The molecule has 0 radical (unpaired) electrons. The number of halogens is 1. The highest BCUT2D eigenvalue weighted by molar-refractivity contribution is 9.10. The van der Waals surface area contributed by atoms with Crippen molar-refractivity contribution in [1.29, 1.82) is 0 Å². The van der Waals surface area contributed by atoms with Crippen LogP contribution >= 0.6 is 15.9 Å². The van der Waals surface area contributed by atoms with E-state index >= 15 is 0 Å². The summed E-state index contributed by atoms with van der Waals surface area (Å²) in [6.45, 7) is 0.926. The number of carbonyl (C=O) groups excluding carboxylic acids is 1. The molecule has 1 saturated heterocycles. The van der Waals surface area contributed by atoms with Crippen molar-refractivity contribution in [3.05, 3.63) is 22.9 Å². The Morgan fingerprint density at radius 1 is 1.47 bits per heavy atom. The van der Waals surface area contributed by atoms with Crippen molar-refractivity contribution in [2.75, 3.05) is 11.9 Å². The SMILES string of the molecule is O=C(Nc1ccncc1Br)C1CCCCCN1. The second-order valence-electron chi connectivity index (χ2n) is 4.20. The zero-order valence-corrected chi connectivity index (χ0v) is 11.2. The number of hydrogen-bond acceptors (Lipinski definition) is 3. The molecule has 1 aromatic heterocycles. The zero-order chi connectivity index (χ0) is 12.1. The van der Waals surface area contributed by atoms with E-state index in [4.69, 9.17) is 0 Å². The molecule has 17 heavy (non-hydrogen) atoms. The van der Waals surface area contributed by atoms with E-state index in [2.05, 4.69) is 31.5 Å². The van der Waals surface area contributed by atoms with Crippen LogP contribution in [0.5, 0.6) is 0 Å². The fourth-order valence-electron chi connectivity index (χ4n) is 1.95. The summed E-state index contributed by atoms with van der Waals surface area (Å²) in [5.41, 5.74) is 0.774. The first-order chi connectivity index (χ1) is 8.27. The number of pyridine rings is 1. The van der Waals surface area contributed by atoms with Gasteiger partial charge >= 0.3 is 0 Å². The molecule has 0 aromatic carbocycles. The van der Waals surface area contributed by atoms with Gasteiger partial charge in [-0.15, -0.1) is 0 Å². The van der Waals surface area contributed by atoms with E-state index in [1.807, 2.05) is 0 Å². The van der Waals surface area contributed by atoms with E-state index in [1.54, 1.807) is 18.5 Å². The molecule has 2 rings (SSSR count). The van der Waals surface area contributed by atoms with Crippen LogP contribution in [0, 0.1) is 0 Å². The van der Waals surface area contributed by atoms with Gasteiger partial charge in [0.05, 0.1) is 16.2 Å². The van der Waals surface area contributed by atoms with Crippen molar-refractivity contribution in [3.8, 4) is 0 Å². The Hall–Kier alpha value is -0.940. The third-order valence-electron chi connectivity index (χ3n) is 2.91. The Morgan fingerprint density at radius 3 is 3.18 bits per heavy atom. The van der Waals surface area contributed by atoms with Gasteiger partial charge in [0.2, 0.25) is 5.91 Å². The standard InChI is InChI=1S/C12H16BrN3O/c13-9-8-14-7-5-10(9)16-12(17)11-4-2-1-3-6-15-11/h5,7-8,11,15H,1-4,6H2,(H,14,16,17). The highest BCUT2D eigenvalue weighted by Crippen LogP contribution is 2.20. The van der Waals surface area contributed by atoms with Gasteiger partial charge in [0.15, 0.2) is 0 Å². The second kappa shape index (κ2) is 6.12.